The van der Waals surface area contributed by atoms with E-state index < -0.39 is 24.5 Å². The van der Waals surface area contributed by atoms with E-state index in [1.807, 2.05) is 0 Å². The van der Waals surface area contributed by atoms with Crippen LogP contribution in [0, 0.1) is 0 Å². The van der Waals surface area contributed by atoms with Crippen LogP contribution in [0.3, 0.4) is 0 Å². The number of halogens is 3. The molecule has 0 bridgehead atoms. The fourth-order valence-corrected chi connectivity index (χ4v) is 0.687. The standard InChI is InChI=1S/C5H5F3N2O/c6-5(7,8)3-1-4(11)10-2-9-3/h2-3H,1H2,(H,9,10,11). The molecular formula is C5H5F3N2O. The van der Waals surface area contributed by atoms with Crippen molar-refractivity contribution < 1.29 is 18.0 Å². The van der Waals surface area contributed by atoms with Crippen LogP contribution < -0.4 is 5.32 Å². The molecule has 0 saturated carbocycles. The molecule has 11 heavy (non-hydrogen) atoms. The number of carbonyl (C=O) groups is 1. The molecule has 0 spiro atoms. The Kier molecular flexibility index (Phi) is 1.84. The minimum absolute atomic E-state index is 0.611. The van der Waals surface area contributed by atoms with Crippen LogP contribution in [0.5, 0.6) is 0 Å². The Morgan fingerprint density at radius 3 is 2.64 bits per heavy atom. The van der Waals surface area contributed by atoms with Gasteiger partial charge in [0.15, 0.2) is 6.04 Å². The Balaban J connectivity index is 2.68. The van der Waals surface area contributed by atoms with Gasteiger partial charge >= 0.3 is 6.18 Å². The topological polar surface area (TPSA) is 41.5 Å². The van der Waals surface area contributed by atoms with E-state index in [-0.39, 0.29) is 0 Å². The van der Waals surface area contributed by atoms with Gasteiger partial charge in [0.2, 0.25) is 5.91 Å². The van der Waals surface area contributed by atoms with Crippen LogP contribution in [-0.2, 0) is 4.79 Å². The Labute approximate surface area is 60.3 Å². The molecule has 0 saturated heterocycles. The normalized spacial score (nSPS) is 25.0. The highest BCUT2D eigenvalue weighted by Crippen LogP contribution is 2.25. The monoisotopic (exact) mass is 166 g/mol. The second kappa shape index (κ2) is 2.52. The van der Waals surface area contributed by atoms with Crippen LogP contribution in [0.2, 0.25) is 0 Å². The van der Waals surface area contributed by atoms with Crippen molar-refractivity contribution >= 4 is 12.2 Å². The van der Waals surface area contributed by atoms with Crippen molar-refractivity contribution in [1.29, 1.82) is 0 Å². The first kappa shape index (κ1) is 8.03. The van der Waals surface area contributed by atoms with E-state index in [4.69, 9.17) is 0 Å². The van der Waals surface area contributed by atoms with Gasteiger partial charge in [-0.25, -0.2) is 0 Å². The maximum atomic E-state index is 11.8. The first-order valence-corrected chi connectivity index (χ1v) is 2.88. The number of amides is 1. The van der Waals surface area contributed by atoms with Crippen LogP contribution in [-0.4, -0.2) is 24.5 Å². The molecule has 0 aromatic heterocycles. The van der Waals surface area contributed by atoms with Crippen LogP contribution in [0.15, 0.2) is 4.99 Å². The van der Waals surface area contributed by atoms with Gasteiger partial charge < -0.3 is 5.32 Å². The molecule has 6 heteroatoms. The third-order valence-corrected chi connectivity index (χ3v) is 1.24. The molecule has 0 aromatic rings. The molecule has 1 rings (SSSR count). The third-order valence-electron chi connectivity index (χ3n) is 1.24. The van der Waals surface area contributed by atoms with Crippen molar-refractivity contribution in [3.05, 3.63) is 0 Å². The number of alkyl halides is 3. The highest BCUT2D eigenvalue weighted by atomic mass is 19.4. The lowest BCUT2D eigenvalue weighted by atomic mass is 10.2. The van der Waals surface area contributed by atoms with Gasteiger partial charge in [0.1, 0.15) is 0 Å². The summed E-state index contributed by atoms with van der Waals surface area (Å²) in [5.41, 5.74) is 0. The molecule has 0 aromatic carbocycles. The molecule has 1 unspecified atom stereocenters. The fraction of sp³-hybridized carbons (Fsp3) is 0.600. The number of nitrogens with zero attached hydrogens (tertiary/aromatic N) is 1. The van der Waals surface area contributed by atoms with Gasteiger partial charge in [-0.2, -0.15) is 13.2 Å². The SMILES string of the molecule is O=C1CC(C(F)(F)F)N=CN1. The summed E-state index contributed by atoms with van der Waals surface area (Å²) in [6.07, 6.45) is -4.24. The van der Waals surface area contributed by atoms with Crippen LogP contribution in [0.4, 0.5) is 13.2 Å². The van der Waals surface area contributed by atoms with E-state index in [0.29, 0.717) is 0 Å². The maximum Gasteiger partial charge on any atom is 0.411 e. The summed E-state index contributed by atoms with van der Waals surface area (Å²) in [6, 6.07) is -1.86. The zero-order valence-corrected chi connectivity index (χ0v) is 5.35. The minimum atomic E-state index is -4.41. The van der Waals surface area contributed by atoms with Gasteiger partial charge in [-0.1, -0.05) is 0 Å². The fourth-order valence-electron chi connectivity index (χ4n) is 0.687. The first-order chi connectivity index (χ1) is 5.00. The van der Waals surface area contributed by atoms with Crippen molar-refractivity contribution in [1.82, 2.24) is 5.32 Å². The van der Waals surface area contributed by atoms with Crippen molar-refractivity contribution in [2.75, 3.05) is 0 Å². The molecule has 62 valence electrons. The predicted molar refractivity (Wildman–Crippen MR) is 31.1 cm³/mol. The lowest BCUT2D eigenvalue weighted by molar-refractivity contribution is -0.154. The Hall–Kier alpha value is -1.07. The smallest absolute Gasteiger partial charge is 0.317 e. The van der Waals surface area contributed by atoms with Crippen LogP contribution >= 0.6 is 0 Å². The zero-order chi connectivity index (χ0) is 8.48. The molecule has 0 radical (unpaired) electrons. The number of hydrogen-bond donors (Lipinski definition) is 1. The quantitative estimate of drug-likeness (QED) is 0.558. The van der Waals surface area contributed by atoms with Gasteiger partial charge in [-0.3, -0.25) is 9.79 Å². The highest BCUT2D eigenvalue weighted by molar-refractivity contribution is 5.89. The van der Waals surface area contributed by atoms with Gasteiger partial charge in [0.25, 0.3) is 0 Å². The number of aliphatic imine (C=N–C) groups is 1. The summed E-state index contributed by atoms with van der Waals surface area (Å²) >= 11 is 0. The second-order valence-electron chi connectivity index (χ2n) is 2.11. The molecular weight excluding hydrogens is 161 g/mol. The predicted octanol–water partition coefficient (Wildman–Crippen LogP) is 0.465. The van der Waals surface area contributed by atoms with Gasteiger partial charge in [-0.15, -0.1) is 0 Å². The third kappa shape index (κ3) is 1.92. The van der Waals surface area contributed by atoms with Crippen LogP contribution in [0.25, 0.3) is 0 Å². The highest BCUT2D eigenvalue weighted by Gasteiger charge is 2.41. The van der Waals surface area contributed by atoms with Crippen molar-refractivity contribution in [2.24, 2.45) is 4.99 Å². The first-order valence-electron chi connectivity index (χ1n) is 2.88. The van der Waals surface area contributed by atoms with Gasteiger partial charge in [0, 0.05) is 0 Å². The number of carbonyl (C=O) groups excluding carboxylic acids is 1. The molecule has 1 aliphatic rings. The Bertz CT molecular complexity index is 198. The number of rotatable bonds is 0. The maximum absolute atomic E-state index is 11.8. The molecule has 0 fully saturated rings. The summed E-state index contributed by atoms with van der Waals surface area (Å²) in [7, 11) is 0. The van der Waals surface area contributed by atoms with E-state index >= 15 is 0 Å². The lowest BCUT2D eigenvalue weighted by Crippen LogP contribution is -2.38. The van der Waals surface area contributed by atoms with E-state index in [1.54, 1.807) is 0 Å². The average Bonchev–Trinajstić information content (AvgIpc) is 1.86. The summed E-state index contributed by atoms with van der Waals surface area (Å²) in [5, 5.41) is 2.05. The van der Waals surface area contributed by atoms with E-state index in [0.717, 1.165) is 6.34 Å². The van der Waals surface area contributed by atoms with Gasteiger partial charge in [-0.05, 0) is 0 Å². The second-order valence-corrected chi connectivity index (χ2v) is 2.11. The molecule has 1 heterocycles. The number of hydrogen-bond acceptors (Lipinski definition) is 2. The van der Waals surface area contributed by atoms with E-state index in [1.165, 1.54) is 0 Å². The van der Waals surface area contributed by atoms with E-state index in [2.05, 4.69) is 10.3 Å². The molecule has 1 atom stereocenters. The van der Waals surface area contributed by atoms with Crippen molar-refractivity contribution in [3.8, 4) is 0 Å². The summed E-state index contributed by atoms with van der Waals surface area (Å²) in [6.45, 7) is 0. The molecule has 1 amide bonds. The summed E-state index contributed by atoms with van der Waals surface area (Å²) in [4.78, 5) is 13.5. The van der Waals surface area contributed by atoms with Crippen molar-refractivity contribution in [2.45, 2.75) is 18.6 Å². The molecule has 1 N–H and O–H groups in total. The summed E-state index contributed by atoms with van der Waals surface area (Å²) < 4.78 is 35.5. The summed E-state index contributed by atoms with van der Waals surface area (Å²) in [5.74, 6) is -0.651. The lowest BCUT2D eigenvalue weighted by Gasteiger charge is -2.18. The number of nitrogens with one attached hydrogen (secondary N) is 1. The van der Waals surface area contributed by atoms with Crippen molar-refractivity contribution in [3.63, 3.8) is 0 Å². The Morgan fingerprint density at radius 1 is 1.64 bits per heavy atom. The molecule has 0 aliphatic carbocycles. The largest absolute Gasteiger partial charge is 0.411 e. The zero-order valence-electron chi connectivity index (χ0n) is 5.35. The Morgan fingerprint density at radius 2 is 2.27 bits per heavy atom. The van der Waals surface area contributed by atoms with E-state index in [9.17, 15) is 18.0 Å². The van der Waals surface area contributed by atoms with Crippen LogP contribution in [0.1, 0.15) is 6.42 Å². The minimum Gasteiger partial charge on any atom is -0.317 e. The molecule has 3 nitrogen and oxygen atoms in total. The van der Waals surface area contributed by atoms with Gasteiger partial charge in [0.05, 0.1) is 12.8 Å². The average molecular weight is 166 g/mol. The molecule has 1 aliphatic heterocycles.